The van der Waals surface area contributed by atoms with Crippen LogP contribution in [0, 0.1) is 0 Å². The maximum Gasteiger partial charge on any atom is 0.471 e. The fraction of sp³-hybridized carbons (Fsp3) is 0.200. The summed E-state index contributed by atoms with van der Waals surface area (Å²) in [6, 6.07) is 1.00. The van der Waals surface area contributed by atoms with Crippen molar-refractivity contribution < 1.29 is 41.0 Å². The zero-order valence-corrected chi connectivity index (χ0v) is 11.2. The second-order valence-corrected chi connectivity index (χ2v) is 4.55. The molecule has 0 spiro atoms. The van der Waals surface area contributed by atoms with E-state index in [1.54, 1.807) is 0 Å². The zero-order chi connectivity index (χ0) is 16.6. The number of hydrogen-bond acceptors (Lipinski definition) is 2. The summed E-state index contributed by atoms with van der Waals surface area (Å²) < 4.78 is 74.4. The molecule has 1 rings (SSSR count). The minimum Gasteiger partial charge on any atom is -0.478 e. The first-order valence-electron chi connectivity index (χ1n) is 4.86. The molecule has 0 radical (unpaired) electrons. The van der Waals surface area contributed by atoms with Crippen molar-refractivity contribution in [3.63, 3.8) is 0 Å². The first kappa shape index (κ1) is 17.3. The van der Waals surface area contributed by atoms with Crippen molar-refractivity contribution in [3.8, 4) is 0 Å². The van der Waals surface area contributed by atoms with Crippen molar-refractivity contribution in [1.82, 2.24) is 0 Å². The zero-order valence-electron chi connectivity index (χ0n) is 9.56. The van der Waals surface area contributed by atoms with Gasteiger partial charge in [-0.25, -0.2) is 4.79 Å². The van der Waals surface area contributed by atoms with Gasteiger partial charge in [0.1, 0.15) is 0 Å². The Bertz CT molecular complexity index is 596. The highest BCUT2D eigenvalue weighted by Gasteiger charge is 2.42. The van der Waals surface area contributed by atoms with Crippen molar-refractivity contribution in [2.24, 2.45) is 0 Å². The predicted octanol–water partition coefficient (Wildman–Crippen LogP) is 3.67. The molecule has 4 nitrogen and oxygen atoms in total. The Kier molecular flexibility index (Phi) is 4.56. The number of amides is 1. The van der Waals surface area contributed by atoms with Crippen LogP contribution in [0.3, 0.4) is 0 Å². The maximum absolute atomic E-state index is 12.8. The molecule has 0 fully saturated rings. The molecular weight excluding hydrogens is 376 g/mol. The molecule has 116 valence electrons. The Labute approximate surface area is 120 Å². The molecule has 1 amide bonds. The van der Waals surface area contributed by atoms with Gasteiger partial charge in [-0.3, -0.25) is 4.79 Å². The van der Waals surface area contributed by atoms with Crippen LogP contribution in [0.15, 0.2) is 16.6 Å². The lowest BCUT2D eigenvalue weighted by Gasteiger charge is -2.17. The van der Waals surface area contributed by atoms with Crippen LogP contribution < -0.4 is 5.32 Å². The van der Waals surface area contributed by atoms with Gasteiger partial charge in [0.05, 0.1) is 16.8 Å². The van der Waals surface area contributed by atoms with E-state index in [0.29, 0.717) is 12.1 Å². The summed E-state index contributed by atoms with van der Waals surface area (Å²) in [6.07, 6.45) is -10.6. The van der Waals surface area contributed by atoms with Gasteiger partial charge in [-0.2, -0.15) is 26.3 Å². The Balaban J connectivity index is 3.52. The molecule has 0 aromatic heterocycles. The quantitative estimate of drug-likeness (QED) is 0.770. The van der Waals surface area contributed by atoms with Crippen LogP contribution in [0.5, 0.6) is 0 Å². The van der Waals surface area contributed by atoms with Gasteiger partial charge in [0.2, 0.25) is 0 Å². The molecule has 0 saturated heterocycles. The van der Waals surface area contributed by atoms with Gasteiger partial charge in [0.25, 0.3) is 0 Å². The molecule has 0 aliphatic carbocycles. The van der Waals surface area contributed by atoms with Gasteiger partial charge in [-0.05, 0) is 12.1 Å². The van der Waals surface area contributed by atoms with Crippen LogP contribution in [-0.4, -0.2) is 23.2 Å². The third-order valence-electron chi connectivity index (χ3n) is 2.13. The molecule has 21 heavy (non-hydrogen) atoms. The first-order valence-corrected chi connectivity index (χ1v) is 5.65. The average molecular weight is 380 g/mol. The number of carbonyl (C=O) groups excluding carboxylic acids is 1. The lowest BCUT2D eigenvalue weighted by atomic mass is 10.1. The second kappa shape index (κ2) is 5.54. The molecule has 0 saturated carbocycles. The fourth-order valence-electron chi connectivity index (χ4n) is 1.32. The van der Waals surface area contributed by atoms with Crippen LogP contribution >= 0.6 is 15.9 Å². The highest BCUT2D eigenvalue weighted by molar-refractivity contribution is 9.10. The van der Waals surface area contributed by atoms with Crippen molar-refractivity contribution in [1.29, 1.82) is 0 Å². The highest BCUT2D eigenvalue weighted by atomic mass is 79.9. The molecule has 0 aliphatic rings. The number of nitrogens with one attached hydrogen (secondary N) is 1. The standard InChI is InChI=1S/C10H4BrF6NO3/c11-3-1-4(7(19)20)6(5(2-3)9(12,13)14)18-8(21)10(15,16)17/h1-2H,(H,18,21)(H,19,20). The van der Waals surface area contributed by atoms with Crippen LogP contribution in [0.2, 0.25) is 0 Å². The Morgan fingerprint density at radius 3 is 2.00 bits per heavy atom. The molecule has 0 heterocycles. The average Bonchev–Trinajstić information content (AvgIpc) is 2.27. The first-order chi connectivity index (χ1) is 9.34. The predicted molar refractivity (Wildman–Crippen MR) is 60.8 cm³/mol. The van der Waals surface area contributed by atoms with Gasteiger partial charge >= 0.3 is 24.2 Å². The van der Waals surface area contributed by atoms with E-state index >= 15 is 0 Å². The lowest BCUT2D eigenvalue weighted by molar-refractivity contribution is -0.167. The summed E-state index contributed by atoms with van der Waals surface area (Å²) in [7, 11) is 0. The van der Waals surface area contributed by atoms with Gasteiger partial charge in [-0.15, -0.1) is 0 Å². The van der Waals surface area contributed by atoms with Crippen LogP contribution in [0.1, 0.15) is 15.9 Å². The van der Waals surface area contributed by atoms with Crippen molar-refractivity contribution in [3.05, 3.63) is 27.7 Å². The Hall–Kier alpha value is -1.78. The number of carboxylic acid groups (broad SMARTS) is 1. The molecule has 0 aliphatic heterocycles. The van der Waals surface area contributed by atoms with Crippen molar-refractivity contribution >= 4 is 33.5 Å². The van der Waals surface area contributed by atoms with Crippen molar-refractivity contribution in [2.75, 3.05) is 5.32 Å². The summed E-state index contributed by atoms with van der Waals surface area (Å²) in [5.74, 6) is -4.64. The van der Waals surface area contributed by atoms with E-state index in [1.165, 1.54) is 0 Å². The van der Waals surface area contributed by atoms with E-state index < -0.39 is 41.0 Å². The Morgan fingerprint density at radius 2 is 1.62 bits per heavy atom. The third-order valence-corrected chi connectivity index (χ3v) is 2.59. The van der Waals surface area contributed by atoms with Gasteiger partial charge in [0.15, 0.2) is 0 Å². The number of aromatic carboxylic acids is 1. The Morgan fingerprint density at radius 1 is 1.10 bits per heavy atom. The van der Waals surface area contributed by atoms with Crippen molar-refractivity contribution in [2.45, 2.75) is 12.4 Å². The highest BCUT2D eigenvalue weighted by Crippen LogP contribution is 2.39. The summed E-state index contributed by atoms with van der Waals surface area (Å²) >= 11 is 2.62. The number of hydrogen-bond donors (Lipinski definition) is 2. The minimum atomic E-state index is -5.47. The van der Waals surface area contributed by atoms with Gasteiger partial charge in [-0.1, -0.05) is 15.9 Å². The monoisotopic (exact) mass is 379 g/mol. The van der Waals surface area contributed by atoms with E-state index in [2.05, 4.69) is 15.9 Å². The summed E-state index contributed by atoms with van der Waals surface area (Å²) in [5, 5.41) is 9.72. The topological polar surface area (TPSA) is 66.4 Å². The van der Waals surface area contributed by atoms with Crippen LogP contribution in [0.25, 0.3) is 0 Å². The number of rotatable bonds is 2. The number of carboxylic acids is 1. The van der Waals surface area contributed by atoms with Crippen LogP contribution in [-0.2, 0) is 11.0 Å². The fourth-order valence-corrected chi connectivity index (χ4v) is 1.78. The number of halogens is 7. The van der Waals surface area contributed by atoms with Gasteiger partial charge in [0, 0.05) is 4.47 Å². The van der Waals surface area contributed by atoms with Crippen LogP contribution in [0.4, 0.5) is 32.0 Å². The molecule has 1 aromatic carbocycles. The number of carbonyl (C=O) groups is 2. The largest absolute Gasteiger partial charge is 0.478 e. The SMILES string of the molecule is O=C(O)c1cc(Br)cc(C(F)(F)F)c1NC(=O)C(F)(F)F. The van der Waals surface area contributed by atoms with E-state index in [9.17, 15) is 35.9 Å². The number of alkyl halides is 6. The second-order valence-electron chi connectivity index (χ2n) is 3.63. The normalized spacial score (nSPS) is 12.1. The summed E-state index contributed by atoms with van der Waals surface area (Å²) in [5.41, 5.74) is -4.32. The molecule has 2 N–H and O–H groups in total. The summed E-state index contributed by atoms with van der Waals surface area (Å²) in [6.45, 7) is 0. The minimum absolute atomic E-state index is 0.322. The number of benzene rings is 1. The smallest absolute Gasteiger partial charge is 0.471 e. The van der Waals surface area contributed by atoms with E-state index in [0.717, 1.165) is 5.32 Å². The van der Waals surface area contributed by atoms with Gasteiger partial charge < -0.3 is 10.4 Å². The number of anilines is 1. The molecule has 0 atom stereocenters. The molecule has 11 heteroatoms. The lowest BCUT2D eigenvalue weighted by Crippen LogP contribution is -2.31. The summed E-state index contributed by atoms with van der Waals surface area (Å²) in [4.78, 5) is 21.6. The molecular formula is C10H4BrF6NO3. The van der Waals surface area contributed by atoms with E-state index in [-0.39, 0.29) is 4.47 Å². The molecule has 0 bridgehead atoms. The molecule has 1 aromatic rings. The third kappa shape index (κ3) is 4.09. The maximum atomic E-state index is 12.8. The molecule has 0 unspecified atom stereocenters. The van der Waals surface area contributed by atoms with E-state index in [1.807, 2.05) is 0 Å². The van der Waals surface area contributed by atoms with E-state index in [4.69, 9.17) is 5.11 Å².